The predicted octanol–water partition coefficient (Wildman–Crippen LogP) is -0.448. The van der Waals surface area contributed by atoms with E-state index in [1.807, 2.05) is 0 Å². The van der Waals surface area contributed by atoms with Crippen molar-refractivity contribution < 1.29 is 38.2 Å². The topological polar surface area (TPSA) is 221 Å². The van der Waals surface area contributed by atoms with Gasteiger partial charge in [-0.05, 0) is 18.1 Å². The van der Waals surface area contributed by atoms with Crippen LogP contribution in [0.4, 0.5) is 5.69 Å². The average molecular weight is 579 g/mol. The highest BCUT2D eigenvalue weighted by Gasteiger charge is 2.24. The molecule has 1 rings (SSSR count). The van der Waals surface area contributed by atoms with Crippen molar-refractivity contribution in [2.45, 2.75) is 53.2 Å². The van der Waals surface area contributed by atoms with E-state index in [0.717, 1.165) is 0 Å². The number of nitrogens with two attached hydrogens (primary N) is 2. The molecule has 8 N–H and O–H groups in total. The molecule has 0 aliphatic heterocycles. The van der Waals surface area contributed by atoms with Crippen molar-refractivity contribution in [1.29, 1.82) is 0 Å². The number of ether oxygens (including phenoxy) is 2. The quantitative estimate of drug-likeness (QED) is 0.0979. The lowest BCUT2D eigenvalue weighted by molar-refractivity contribution is -0.148. The van der Waals surface area contributed by atoms with Crippen molar-refractivity contribution in [2.24, 2.45) is 23.3 Å². The fraction of sp³-hybridized carbons (Fsp3) is 0.556. The van der Waals surface area contributed by atoms with E-state index < -0.39 is 48.1 Å². The summed E-state index contributed by atoms with van der Waals surface area (Å²) in [6.07, 6.45) is 0.0188. The number of benzene rings is 1. The van der Waals surface area contributed by atoms with Crippen LogP contribution in [0.1, 0.15) is 56.5 Å². The summed E-state index contributed by atoms with van der Waals surface area (Å²) in [7, 11) is 0. The van der Waals surface area contributed by atoms with Crippen LogP contribution in [0.3, 0.4) is 0 Å². The summed E-state index contributed by atoms with van der Waals surface area (Å²) >= 11 is 0. The van der Waals surface area contributed by atoms with Gasteiger partial charge in [0.05, 0.1) is 25.7 Å². The highest BCUT2D eigenvalue weighted by atomic mass is 16.5. The van der Waals surface area contributed by atoms with E-state index in [1.54, 1.807) is 39.8 Å². The lowest BCUT2D eigenvalue weighted by Gasteiger charge is -2.21. The second-order valence-electron chi connectivity index (χ2n) is 9.81. The summed E-state index contributed by atoms with van der Waals surface area (Å²) in [5.74, 6) is -3.54. The summed E-state index contributed by atoms with van der Waals surface area (Å²) in [5.41, 5.74) is 11.4. The second kappa shape index (κ2) is 18.3. The van der Waals surface area contributed by atoms with E-state index in [-0.39, 0.29) is 68.8 Å². The van der Waals surface area contributed by atoms with E-state index in [2.05, 4.69) is 21.3 Å². The van der Waals surface area contributed by atoms with E-state index in [1.165, 1.54) is 6.07 Å². The normalized spacial score (nSPS) is 11.5. The Morgan fingerprint density at radius 1 is 0.927 bits per heavy atom. The zero-order chi connectivity index (χ0) is 30.9. The third kappa shape index (κ3) is 13.7. The van der Waals surface area contributed by atoms with Gasteiger partial charge in [0.1, 0.15) is 12.6 Å². The molecule has 1 unspecified atom stereocenters. The summed E-state index contributed by atoms with van der Waals surface area (Å²) in [6.45, 7) is 6.95. The van der Waals surface area contributed by atoms with Crippen molar-refractivity contribution in [2.75, 3.05) is 38.2 Å². The maximum absolute atomic E-state index is 12.7. The average Bonchev–Trinajstić information content (AvgIpc) is 2.91. The minimum Gasteiger partial charge on any atom is -0.461 e. The fourth-order valence-corrected chi connectivity index (χ4v) is 3.29. The van der Waals surface area contributed by atoms with Gasteiger partial charge in [-0.25, -0.2) is 0 Å². The van der Waals surface area contributed by atoms with Crippen molar-refractivity contribution in [3.05, 3.63) is 29.3 Å². The second-order valence-corrected chi connectivity index (χ2v) is 9.81. The van der Waals surface area contributed by atoms with Crippen molar-refractivity contribution in [3.63, 3.8) is 0 Å². The Balaban J connectivity index is 2.76. The molecule has 14 nitrogen and oxygen atoms in total. The number of carbonyl (C=O) groups is 6. The summed E-state index contributed by atoms with van der Waals surface area (Å²) in [6, 6.07) is 3.64. The summed E-state index contributed by atoms with van der Waals surface area (Å²) in [5, 5.41) is 10.4. The minimum atomic E-state index is -0.897. The molecule has 0 saturated carbocycles. The molecule has 0 spiro atoms. The number of nitrogens with one attached hydrogen (secondary N) is 4. The van der Waals surface area contributed by atoms with Crippen LogP contribution in [0.15, 0.2) is 18.2 Å². The molecule has 0 fully saturated rings. The van der Waals surface area contributed by atoms with Gasteiger partial charge in [-0.1, -0.05) is 33.8 Å². The molecular formula is C27H42N6O8. The van der Waals surface area contributed by atoms with Gasteiger partial charge in [-0.15, -0.1) is 0 Å². The van der Waals surface area contributed by atoms with Crippen LogP contribution in [0.2, 0.25) is 0 Å². The van der Waals surface area contributed by atoms with Crippen LogP contribution in [0.25, 0.3) is 0 Å². The monoisotopic (exact) mass is 578 g/mol. The molecule has 0 aliphatic rings. The Morgan fingerprint density at radius 2 is 1.61 bits per heavy atom. The van der Waals surface area contributed by atoms with E-state index >= 15 is 0 Å². The molecular weight excluding hydrogens is 536 g/mol. The number of primary amides is 1. The molecule has 0 aliphatic carbocycles. The van der Waals surface area contributed by atoms with Crippen LogP contribution in [-0.2, 0) is 40.1 Å². The van der Waals surface area contributed by atoms with Gasteiger partial charge >= 0.3 is 5.97 Å². The number of rotatable bonds is 18. The highest BCUT2D eigenvalue weighted by molar-refractivity contribution is 5.99. The lowest BCUT2D eigenvalue weighted by Crippen LogP contribution is -2.51. The first-order chi connectivity index (χ1) is 19.3. The highest BCUT2D eigenvalue weighted by Crippen LogP contribution is 2.18. The molecule has 1 aromatic rings. The van der Waals surface area contributed by atoms with Gasteiger partial charge in [0, 0.05) is 42.7 Å². The third-order valence-corrected chi connectivity index (χ3v) is 5.56. The van der Waals surface area contributed by atoms with E-state index in [4.69, 9.17) is 20.9 Å². The Morgan fingerprint density at radius 3 is 2.22 bits per heavy atom. The van der Waals surface area contributed by atoms with E-state index in [9.17, 15) is 28.8 Å². The van der Waals surface area contributed by atoms with Gasteiger partial charge in [0.2, 0.25) is 23.6 Å². The number of amides is 5. The van der Waals surface area contributed by atoms with Gasteiger partial charge in [0.25, 0.3) is 5.91 Å². The molecule has 0 radical (unpaired) electrons. The third-order valence-electron chi connectivity index (χ3n) is 5.56. The Kier molecular flexibility index (Phi) is 15.6. The molecule has 0 aromatic heterocycles. The van der Waals surface area contributed by atoms with Crippen molar-refractivity contribution >= 4 is 41.2 Å². The number of carbonyl (C=O) groups excluding carboxylic acids is 6. The van der Waals surface area contributed by atoms with Crippen LogP contribution < -0.4 is 32.7 Å². The summed E-state index contributed by atoms with van der Waals surface area (Å²) in [4.78, 5) is 72.7. The molecule has 1 aromatic carbocycles. The predicted molar refractivity (Wildman–Crippen MR) is 150 cm³/mol. The SMILES string of the molecule is CC(C)C(=O)OCc1ccc(NC(=O)CNC(=O)C(NC(=O)CCOCCC(N)=O)C(C)C)cc1C(=O)NCCN. The molecule has 228 valence electrons. The summed E-state index contributed by atoms with van der Waals surface area (Å²) < 4.78 is 10.4. The maximum atomic E-state index is 12.7. The van der Waals surface area contributed by atoms with Crippen LogP contribution in [0.5, 0.6) is 0 Å². The number of esters is 1. The molecule has 41 heavy (non-hydrogen) atoms. The molecule has 14 heteroatoms. The molecule has 5 amide bonds. The van der Waals surface area contributed by atoms with Crippen LogP contribution in [-0.4, -0.2) is 74.4 Å². The smallest absolute Gasteiger partial charge is 0.308 e. The van der Waals surface area contributed by atoms with Gasteiger partial charge in [0.15, 0.2) is 0 Å². The first-order valence-corrected chi connectivity index (χ1v) is 13.4. The van der Waals surface area contributed by atoms with Gasteiger partial charge in [-0.2, -0.15) is 0 Å². The number of hydrogen-bond donors (Lipinski definition) is 6. The zero-order valence-electron chi connectivity index (χ0n) is 24.0. The zero-order valence-corrected chi connectivity index (χ0v) is 24.0. The molecule has 1 atom stereocenters. The van der Waals surface area contributed by atoms with Gasteiger partial charge in [-0.3, -0.25) is 28.8 Å². The van der Waals surface area contributed by atoms with Crippen molar-refractivity contribution in [3.8, 4) is 0 Å². The van der Waals surface area contributed by atoms with Crippen LogP contribution in [0, 0.1) is 11.8 Å². The molecule has 0 bridgehead atoms. The number of anilines is 1. The van der Waals surface area contributed by atoms with Crippen molar-refractivity contribution in [1.82, 2.24) is 16.0 Å². The molecule has 0 saturated heterocycles. The van der Waals surface area contributed by atoms with Crippen LogP contribution >= 0.6 is 0 Å². The Bertz CT molecular complexity index is 1080. The van der Waals surface area contributed by atoms with E-state index in [0.29, 0.717) is 5.56 Å². The minimum absolute atomic E-state index is 0.0242. The lowest BCUT2D eigenvalue weighted by atomic mass is 10.0. The maximum Gasteiger partial charge on any atom is 0.308 e. The first-order valence-electron chi connectivity index (χ1n) is 13.4. The van der Waals surface area contributed by atoms with Gasteiger partial charge < -0.3 is 42.2 Å². The number of hydrogen-bond acceptors (Lipinski definition) is 9. The Labute approximate surface area is 239 Å². The molecule has 0 heterocycles. The Hall–Kier alpha value is -4.04. The fourth-order valence-electron chi connectivity index (χ4n) is 3.29. The largest absolute Gasteiger partial charge is 0.461 e. The standard InChI is InChI=1S/C27H42N6O8/c1-16(2)24(33-22(35)8-12-40-11-7-21(29)34)26(38)31-14-23(36)32-19-6-5-18(15-41-27(39)17(3)4)20(13-19)25(37)30-10-9-28/h5-6,13,16-17,24H,7-12,14-15,28H2,1-4H3,(H2,29,34)(H,30,37)(H,31,38)(H,32,36)(H,33,35). The first kappa shape index (κ1) is 35.0.